The van der Waals surface area contributed by atoms with Crippen LogP contribution in [-0.4, -0.2) is 51.2 Å². The number of carbonyl (C=O) groups excluding carboxylic acids is 2. The average molecular weight is 497 g/mol. The van der Waals surface area contributed by atoms with Crippen LogP contribution in [0.3, 0.4) is 0 Å². The van der Waals surface area contributed by atoms with Gasteiger partial charge in [0.25, 0.3) is 5.91 Å². The molecule has 4 aliphatic rings. The monoisotopic (exact) mass is 496 g/mol. The summed E-state index contributed by atoms with van der Waals surface area (Å²) < 4.78 is 0. The van der Waals surface area contributed by atoms with Crippen molar-refractivity contribution >= 4 is 17.4 Å². The highest BCUT2D eigenvalue weighted by atomic mass is 16.6. The summed E-state index contributed by atoms with van der Waals surface area (Å²) in [6, 6.07) is 0. The number of aromatic amines is 1. The lowest BCUT2D eigenvalue weighted by Crippen LogP contribution is -2.57. The van der Waals surface area contributed by atoms with Crippen molar-refractivity contribution in [3.8, 4) is 0 Å². The second kappa shape index (κ2) is 9.43. The van der Waals surface area contributed by atoms with Gasteiger partial charge in [-0.15, -0.1) is 0 Å². The highest BCUT2D eigenvalue weighted by Gasteiger charge is 2.65. The van der Waals surface area contributed by atoms with Gasteiger partial charge in [-0.05, 0) is 87.5 Å². The van der Waals surface area contributed by atoms with E-state index >= 15 is 0 Å². The minimum atomic E-state index is -1.16. The number of hydrogen-bond donors (Lipinski definition) is 3. The number of aliphatic hydroxyl groups is 1. The van der Waals surface area contributed by atoms with Gasteiger partial charge in [0.1, 0.15) is 5.60 Å². The van der Waals surface area contributed by atoms with Gasteiger partial charge in [0.15, 0.2) is 12.4 Å². The third-order valence-electron chi connectivity index (χ3n) is 10.4. The Morgan fingerprint density at radius 3 is 2.75 bits per heavy atom. The molecular weight excluding hydrogens is 456 g/mol. The fourth-order valence-corrected chi connectivity index (χ4v) is 8.22. The molecule has 8 heteroatoms. The Morgan fingerprint density at radius 2 is 2.00 bits per heavy atom. The van der Waals surface area contributed by atoms with E-state index in [4.69, 9.17) is 4.84 Å². The summed E-state index contributed by atoms with van der Waals surface area (Å²) in [6.45, 7) is 6.59. The second-order valence-electron chi connectivity index (χ2n) is 11.9. The number of amides is 1. The number of hydrogen-bond acceptors (Lipinski definition) is 6. The molecule has 3 fully saturated rings. The van der Waals surface area contributed by atoms with Crippen molar-refractivity contribution in [3.05, 3.63) is 29.9 Å². The van der Waals surface area contributed by atoms with E-state index in [-0.39, 0.29) is 29.1 Å². The molecule has 1 aromatic heterocycles. The van der Waals surface area contributed by atoms with E-state index in [1.165, 1.54) is 5.57 Å². The van der Waals surface area contributed by atoms with Crippen molar-refractivity contribution in [2.24, 2.45) is 33.7 Å². The van der Waals surface area contributed by atoms with Crippen molar-refractivity contribution < 1.29 is 19.5 Å². The molecule has 3 saturated carbocycles. The molecule has 36 heavy (non-hydrogen) atoms. The molecule has 4 aliphatic carbocycles. The van der Waals surface area contributed by atoms with Gasteiger partial charge < -0.3 is 20.2 Å². The fraction of sp³-hybridized carbons (Fsp3) is 0.714. The highest BCUT2D eigenvalue weighted by Crippen LogP contribution is 2.67. The van der Waals surface area contributed by atoms with E-state index in [2.05, 4.69) is 40.4 Å². The molecule has 196 valence electrons. The largest absolute Gasteiger partial charge is 0.385 e. The SMILES string of the molecule is CC(=O)[C@@]1(O)CC[C@H]2[C@@H]3CCC4=C/C(=N/OCC(=O)NCCc5cnc[nH]5)CC[C@]4(C)[C@H]3CC[C@@]21C. The third kappa shape index (κ3) is 4.11. The lowest BCUT2D eigenvalue weighted by atomic mass is 9.46. The maximum absolute atomic E-state index is 12.4. The van der Waals surface area contributed by atoms with Crippen molar-refractivity contribution in [2.75, 3.05) is 13.2 Å². The molecule has 8 nitrogen and oxygen atoms in total. The minimum Gasteiger partial charge on any atom is -0.385 e. The molecule has 0 saturated heterocycles. The van der Waals surface area contributed by atoms with Crippen LogP contribution >= 0.6 is 0 Å². The Morgan fingerprint density at radius 1 is 1.19 bits per heavy atom. The zero-order valence-corrected chi connectivity index (χ0v) is 21.8. The van der Waals surface area contributed by atoms with Crippen molar-refractivity contribution in [1.29, 1.82) is 0 Å². The molecule has 0 spiro atoms. The van der Waals surface area contributed by atoms with Gasteiger partial charge in [-0.3, -0.25) is 9.59 Å². The number of oxime groups is 1. The van der Waals surface area contributed by atoms with Crippen LogP contribution in [0.5, 0.6) is 0 Å². The second-order valence-corrected chi connectivity index (χ2v) is 11.9. The first-order valence-electron chi connectivity index (χ1n) is 13.5. The molecule has 3 N–H and O–H groups in total. The van der Waals surface area contributed by atoms with Gasteiger partial charge in [0.05, 0.1) is 12.0 Å². The predicted molar refractivity (Wildman–Crippen MR) is 136 cm³/mol. The molecule has 1 aromatic rings. The molecule has 0 unspecified atom stereocenters. The number of nitrogens with zero attached hydrogens (tertiary/aromatic N) is 2. The first-order valence-corrected chi connectivity index (χ1v) is 13.5. The lowest BCUT2D eigenvalue weighted by Gasteiger charge is -2.59. The van der Waals surface area contributed by atoms with Gasteiger partial charge in [-0.1, -0.05) is 24.6 Å². The summed E-state index contributed by atoms with van der Waals surface area (Å²) in [7, 11) is 0. The van der Waals surface area contributed by atoms with E-state index in [0.29, 0.717) is 37.1 Å². The molecule has 6 atom stereocenters. The first-order chi connectivity index (χ1) is 17.2. The van der Waals surface area contributed by atoms with E-state index < -0.39 is 5.60 Å². The molecule has 1 amide bonds. The van der Waals surface area contributed by atoms with Crippen molar-refractivity contribution in [3.63, 3.8) is 0 Å². The van der Waals surface area contributed by atoms with Gasteiger partial charge >= 0.3 is 0 Å². The zero-order valence-electron chi connectivity index (χ0n) is 21.8. The van der Waals surface area contributed by atoms with Gasteiger partial charge in [-0.2, -0.15) is 0 Å². The van der Waals surface area contributed by atoms with Crippen LogP contribution < -0.4 is 5.32 Å². The number of aromatic nitrogens is 2. The van der Waals surface area contributed by atoms with Crippen LogP contribution in [-0.2, 0) is 20.8 Å². The zero-order chi connectivity index (χ0) is 25.6. The minimum absolute atomic E-state index is 0.0569. The van der Waals surface area contributed by atoms with Crippen LogP contribution in [0.1, 0.15) is 77.8 Å². The van der Waals surface area contributed by atoms with Crippen molar-refractivity contribution in [1.82, 2.24) is 15.3 Å². The number of fused-ring (bicyclic) bond motifs is 5. The third-order valence-corrected chi connectivity index (χ3v) is 10.4. The van der Waals surface area contributed by atoms with Gasteiger partial charge in [0.2, 0.25) is 0 Å². The molecular formula is C28H40N4O4. The van der Waals surface area contributed by atoms with Gasteiger partial charge in [0, 0.05) is 30.3 Å². The fourth-order valence-electron chi connectivity index (χ4n) is 8.22. The Bertz CT molecular complexity index is 1070. The number of nitrogens with one attached hydrogen (secondary N) is 2. The summed E-state index contributed by atoms with van der Waals surface area (Å²) in [4.78, 5) is 36.9. The molecule has 0 aromatic carbocycles. The molecule has 0 radical (unpaired) electrons. The number of imidazole rings is 1. The smallest absolute Gasteiger partial charge is 0.260 e. The summed E-state index contributed by atoms with van der Waals surface area (Å²) in [5.74, 6) is 1.31. The van der Waals surface area contributed by atoms with Crippen molar-refractivity contribution in [2.45, 2.75) is 84.2 Å². The molecule has 1 heterocycles. The normalized spacial score (nSPS) is 38.5. The maximum atomic E-state index is 12.4. The Hall–Kier alpha value is -2.48. The van der Waals surface area contributed by atoms with Crippen LogP contribution in [0.4, 0.5) is 0 Å². The number of Topliss-reactive ketones (excluding diaryl/α,β-unsaturated/α-hetero) is 1. The molecule has 0 aliphatic heterocycles. The molecule has 5 rings (SSSR count). The number of allylic oxidation sites excluding steroid dienone is 2. The average Bonchev–Trinajstić information content (AvgIpc) is 3.46. The van der Waals surface area contributed by atoms with E-state index in [1.807, 2.05) is 0 Å². The Kier molecular flexibility index (Phi) is 6.60. The summed E-state index contributed by atoms with van der Waals surface area (Å²) in [5.41, 5.74) is 2.02. The topological polar surface area (TPSA) is 117 Å². The first kappa shape index (κ1) is 25.2. The standard InChI is InChI=1S/C28H40N4O4/c1-18(33)28(35)12-8-24-22-5-4-19-14-20(6-10-26(19,2)23(22)7-11-27(24,28)3)32-36-16-25(34)30-13-9-21-15-29-17-31-21/h14-15,17,22-24,35H,4-13,16H2,1-3H3,(H,29,31)(H,30,34)/b32-20+/t22-,23+,24+,26+,27+,28+/m1/s1. The summed E-state index contributed by atoms with van der Waals surface area (Å²) in [5, 5.41) is 18.5. The number of H-pyrrole nitrogens is 1. The van der Waals surface area contributed by atoms with Crippen LogP contribution in [0.25, 0.3) is 0 Å². The summed E-state index contributed by atoms with van der Waals surface area (Å²) in [6.07, 6.45) is 13.8. The van der Waals surface area contributed by atoms with Crippen LogP contribution in [0, 0.1) is 28.6 Å². The van der Waals surface area contributed by atoms with Crippen LogP contribution in [0.2, 0.25) is 0 Å². The van der Waals surface area contributed by atoms with E-state index in [9.17, 15) is 14.7 Å². The quantitative estimate of drug-likeness (QED) is 0.498. The predicted octanol–water partition coefficient (Wildman–Crippen LogP) is 3.72. The highest BCUT2D eigenvalue weighted by molar-refractivity contribution is 5.96. The van der Waals surface area contributed by atoms with E-state index in [0.717, 1.165) is 56.4 Å². The number of rotatable bonds is 7. The maximum Gasteiger partial charge on any atom is 0.260 e. The summed E-state index contributed by atoms with van der Waals surface area (Å²) >= 11 is 0. The van der Waals surface area contributed by atoms with E-state index in [1.54, 1.807) is 19.4 Å². The molecule has 0 bridgehead atoms. The van der Waals surface area contributed by atoms with Crippen LogP contribution in [0.15, 0.2) is 29.3 Å². The number of ketones is 1. The van der Waals surface area contributed by atoms with Gasteiger partial charge in [-0.25, -0.2) is 4.98 Å². The Labute approximate surface area is 213 Å². The number of carbonyl (C=O) groups is 2. The Balaban J connectivity index is 1.19. The lowest BCUT2D eigenvalue weighted by molar-refractivity contribution is -0.159.